The highest BCUT2D eigenvalue weighted by Crippen LogP contribution is 2.29. The number of nitrogens with zero attached hydrogens (tertiary/aromatic N) is 2. The van der Waals surface area contributed by atoms with E-state index in [0.29, 0.717) is 12.1 Å². The minimum Gasteiger partial charge on any atom is -0.306 e. The van der Waals surface area contributed by atoms with Gasteiger partial charge in [-0.05, 0) is 52.4 Å². The lowest BCUT2D eigenvalue weighted by atomic mass is 10.00. The average Bonchev–Trinajstić information content (AvgIpc) is 2.87. The van der Waals surface area contributed by atoms with Crippen molar-refractivity contribution in [2.75, 3.05) is 27.2 Å². The Hall–Kier alpha value is -0.860. The summed E-state index contributed by atoms with van der Waals surface area (Å²) in [7, 11) is 4.38. The summed E-state index contributed by atoms with van der Waals surface area (Å²) in [5, 5.41) is 0. The van der Waals surface area contributed by atoms with Crippen LogP contribution >= 0.6 is 0 Å². The highest BCUT2D eigenvalue weighted by molar-refractivity contribution is 5.18. The van der Waals surface area contributed by atoms with Crippen molar-refractivity contribution >= 4 is 0 Å². The molecule has 2 nitrogen and oxygen atoms in total. The summed E-state index contributed by atoms with van der Waals surface area (Å²) < 4.78 is 0. The van der Waals surface area contributed by atoms with E-state index in [9.17, 15) is 0 Å². The Morgan fingerprint density at radius 1 is 1.17 bits per heavy atom. The molecule has 0 spiro atoms. The molecule has 0 radical (unpaired) electrons. The molecule has 0 N–H and O–H groups in total. The van der Waals surface area contributed by atoms with Gasteiger partial charge in [-0.25, -0.2) is 0 Å². The van der Waals surface area contributed by atoms with Crippen LogP contribution in [0.1, 0.15) is 31.9 Å². The first-order valence-electron chi connectivity index (χ1n) is 7.05. The largest absolute Gasteiger partial charge is 0.306 e. The van der Waals surface area contributed by atoms with Gasteiger partial charge >= 0.3 is 0 Å². The van der Waals surface area contributed by atoms with Crippen LogP contribution in [-0.4, -0.2) is 43.0 Å². The van der Waals surface area contributed by atoms with Crippen molar-refractivity contribution in [1.29, 1.82) is 0 Å². The quantitative estimate of drug-likeness (QED) is 0.806. The third kappa shape index (κ3) is 2.93. The molecule has 1 heterocycles. The molecular formula is C16H26N2. The molecule has 0 aliphatic carbocycles. The van der Waals surface area contributed by atoms with Crippen LogP contribution in [0.2, 0.25) is 0 Å². The maximum Gasteiger partial charge on any atom is 0.0320 e. The summed E-state index contributed by atoms with van der Waals surface area (Å²) in [5.74, 6) is 0.811. The Kier molecular flexibility index (Phi) is 4.41. The van der Waals surface area contributed by atoms with Crippen LogP contribution < -0.4 is 0 Å². The highest BCUT2D eigenvalue weighted by atomic mass is 15.2. The Labute approximate surface area is 112 Å². The van der Waals surface area contributed by atoms with E-state index in [2.05, 4.69) is 68.1 Å². The Balaban J connectivity index is 1.97. The van der Waals surface area contributed by atoms with Crippen molar-refractivity contribution in [1.82, 2.24) is 9.80 Å². The summed E-state index contributed by atoms with van der Waals surface area (Å²) in [4.78, 5) is 4.97. The summed E-state index contributed by atoms with van der Waals surface area (Å²) in [6.45, 7) is 7.15. The normalized spacial score (nSPS) is 24.4. The second-order valence-corrected chi connectivity index (χ2v) is 5.83. The summed E-state index contributed by atoms with van der Waals surface area (Å²) in [6.07, 6.45) is 1.33. The second-order valence-electron chi connectivity index (χ2n) is 5.83. The topological polar surface area (TPSA) is 6.48 Å². The van der Waals surface area contributed by atoms with Gasteiger partial charge < -0.3 is 4.90 Å². The van der Waals surface area contributed by atoms with Crippen LogP contribution in [0.3, 0.4) is 0 Å². The molecule has 2 rings (SSSR count). The van der Waals surface area contributed by atoms with Crippen molar-refractivity contribution in [2.45, 2.75) is 32.4 Å². The van der Waals surface area contributed by atoms with Crippen LogP contribution in [0.25, 0.3) is 0 Å². The van der Waals surface area contributed by atoms with Gasteiger partial charge in [0.25, 0.3) is 0 Å². The molecule has 1 aromatic carbocycles. The maximum absolute atomic E-state index is 2.62. The molecule has 3 atom stereocenters. The predicted molar refractivity (Wildman–Crippen MR) is 77.7 cm³/mol. The highest BCUT2D eigenvalue weighted by Gasteiger charge is 2.30. The second kappa shape index (κ2) is 5.85. The van der Waals surface area contributed by atoms with E-state index in [4.69, 9.17) is 0 Å². The van der Waals surface area contributed by atoms with Gasteiger partial charge in [0.2, 0.25) is 0 Å². The van der Waals surface area contributed by atoms with E-state index < -0.39 is 0 Å². The van der Waals surface area contributed by atoms with Crippen LogP contribution in [0.4, 0.5) is 0 Å². The van der Waals surface area contributed by atoms with Crippen molar-refractivity contribution in [3.05, 3.63) is 35.9 Å². The van der Waals surface area contributed by atoms with E-state index in [-0.39, 0.29) is 0 Å². The van der Waals surface area contributed by atoms with E-state index >= 15 is 0 Å². The fraction of sp³-hybridized carbons (Fsp3) is 0.625. The van der Waals surface area contributed by atoms with Gasteiger partial charge in [-0.3, -0.25) is 4.90 Å². The summed E-state index contributed by atoms with van der Waals surface area (Å²) >= 11 is 0. The fourth-order valence-corrected chi connectivity index (χ4v) is 2.92. The Bertz CT molecular complexity index is 361. The van der Waals surface area contributed by atoms with Crippen LogP contribution in [0, 0.1) is 5.92 Å². The van der Waals surface area contributed by atoms with E-state index in [1.54, 1.807) is 0 Å². The number of benzene rings is 1. The molecule has 1 aliphatic heterocycles. The maximum atomic E-state index is 2.62. The summed E-state index contributed by atoms with van der Waals surface area (Å²) in [5.41, 5.74) is 1.44. The molecule has 0 unspecified atom stereocenters. The van der Waals surface area contributed by atoms with E-state index in [1.165, 1.54) is 25.1 Å². The van der Waals surface area contributed by atoms with Crippen LogP contribution in [0.5, 0.6) is 0 Å². The molecule has 18 heavy (non-hydrogen) atoms. The van der Waals surface area contributed by atoms with Gasteiger partial charge in [0.05, 0.1) is 0 Å². The molecule has 1 saturated heterocycles. The molecule has 0 aromatic heterocycles. The zero-order valence-electron chi connectivity index (χ0n) is 12.1. The van der Waals surface area contributed by atoms with Crippen molar-refractivity contribution < 1.29 is 0 Å². The number of likely N-dealkylation sites (tertiary alicyclic amines) is 1. The first-order valence-corrected chi connectivity index (χ1v) is 7.05. The van der Waals surface area contributed by atoms with Gasteiger partial charge in [0.15, 0.2) is 0 Å². The van der Waals surface area contributed by atoms with Crippen molar-refractivity contribution in [2.24, 2.45) is 5.92 Å². The zero-order chi connectivity index (χ0) is 13.1. The fourth-order valence-electron chi connectivity index (χ4n) is 2.92. The first kappa shape index (κ1) is 13.6. The van der Waals surface area contributed by atoms with Crippen LogP contribution in [-0.2, 0) is 0 Å². The van der Waals surface area contributed by atoms with Gasteiger partial charge in [-0.15, -0.1) is 0 Å². The minimum atomic E-state index is 0.547. The lowest BCUT2D eigenvalue weighted by molar-refractivity contribution is 0.202. The third-order valence-electron chi connectivity index (χ3n) is 4.58. The number of rotatable bonds is 4. The van der Waals surface area contributed by atoms with Gasteiger partial charge in [-0.1, -0.05) is 30.3 Å². The van der Waals surface area contributed by atoms with Gasteiger partial charge in [0.1, 0.15) is 0 Å². The lowest BCUT2D eigenvalue weighted by Gasteiger charge is -2.28. The summed E-state index contributed by atoms with van der Waals surface area (Å²) in [6, 6.07) is 12.1. The predicted octanol–water partition coefficient (Wildman–Crippen LogP) is 3.02. The first-order chi connectivity index (χ1) is 8.59. The zero-order valence-corrected chi connectivity index (χ0v) is 12.1. The monoisotopic (exact) mass is 246 g/mol. The smallest absolute Gasteiger partial charge is 0.0320 e. The molecule has 2 heteroatoms. The third-order valence-corrected chi connectivity index (χ3v) is 4.58. The minimum absolute atomic E-state index is 0.547. The van der Waals surface area contributed by atoms with E-state index in [0.717, 1.165) is 5.92 Å². The molecule has 1 aromatic rings. The van der Waals surface area contributed by atoms with Gasteiger partial charge in [0, 0.05) is 18.6 Å². The molecular weight excluding hydrogens is 220 g/mol. The lowest BCUT2D eigenvalue weighted by Crippen LogP contribution is -2.34. The number of hydrogen-bond acceptors (Lipinski definition) is 2. The van der Waals surface area contributed by atoms with Crippen LogP contribution in [0.15, 0.2) is 30.3 Å². The molecule has 100 valence electrons. The SMILES string of the molecule is C[C@@H]([C@H]1CCN([C@@H](C)c2ccccc2)C1)N(C)C. The molecule has 0 saturated carbocycles. The van der Waals surface area contributed by atoms with Gasteiger partial charge in [-0.2, -0.15) is 0 Å². The van der Waals surface area contributed by atoms with E-state index in [1.807, 2.05) is 0 Å². The van der Waals surface area contributed by atoms with Crippen molar-refractivity contribution in [3.8, 4) is 0 Å². The standard InChI is InChI=1S/C16H26N2/c1-13(17(3)4)16-10-11-18(12-16)14(2)15-8-6-5-7-9-15/h5-9,13-14,16H,10-12H2,1-4H3/t13-,14-,16-/m0/s1. The Morgan fingerprint density at radius 3 is 2.44 bits per heavy atom. The molecule has 0 bridgehead atoms. The van der Waals surface area contributed by atoms with Crippen molar-refractivity contribution in [3.63, 3.8) is 0 Å². The molecule has 1 aliphatic rings. The molecule has 0 amide bonds. The molecule has 1 fully saturated rings. The Morgan fingerprint density at radius 2 is 1.83 bits per heavy atom. The number of hydrogen-bond donors (Lipinski definition) is 0. The average molecular weight is 246 g/mol.